The van der Waals surface area contributed by atoms with Gasteiger partial charge in [0.2, 0.25) is 5.91 Å². The van der Waals surface area contributed by atoms with E-state index in [2.05, 4.69) is 0 Å². The number of Topliss-reactive ketones (excluding diaryl/α,β-unsaturated/α-hetero) is 1. The third-order valence-electron chi connectivity index (χ3n) is 4.24. The van der Waals surface area contributed by atoms with Crippen molar-refractivity contribution in [1.29, 1.82) is 0 Å². The standard InChI is InChI=1S/C14H8F4N2O4/c1-14(5(21)2-6(22)19-13(14)24)20-3-4-7(12(20)23)9(16)11(18)10(17)8(4)15/h2-3H2,1H3,(H,19,22,24). The summed E-state index contributed by atoms with van der Waals surface area (Å²) in [5.74, 6) is -12.3. The SMILES string of the molecule is CC1(N2Cc3c(F)c(F)c(F)c(F)c3C2=O)C(=O)CC(=O)NC1=O. The maximum Gasteiger partial charge on any atom is 0.260 e. The van der Waals surface area contributed by atoms with Crippen LogP contribution in [0.1, 0.15) is 29.3 Å². The zero-order valence-electron chi connectivity index (χ0n) is 12.0. The fourth-order valence-corrected chi connectivity index (χ4v) is 2.78. The van der Waals surface area contributed by atoms with Crippen molar-refractivity contribution in [2.24, 2.45) is 0 Å². The molecular formula is C14H8F4N2O4. The summed E-state index contributed by atoms with van der Waals surface area (Å²) < 4.78 is 54.4. The Hall–Kier alpha value is -2.78. The fraction of sp³-hybridized carbons (Fsp3) is 0.286. The van der Waals surface area contributed by atoms with Crippen molar-refractivity contribution in [1.82, 2.24) is 10.2 Å². The molecule has 1 N–H and O–H groups in total. The van der Waals surface area contributed by atoms with Gasteiger partial charge in [0.25, 0.3) is 11.8 Å². The highest BCUT2D eigenvalue weighted by Gasteiger charge is 2.55. The van der Waals surface area contributed by atoms with Gasteiger partial charge in [0.05, 0.1) is 18.5 Å². The molecule has 1 atom stereocenters. The second-order valence-corrected chi connectivity index (χ2v) is 5.55. The summed E-state index contributed by atoms with van der Waals surface area (Å²) in [6, 6.07) is 0. The molecule has 0 aliphatic carbocycles. The van der Waals surface area contributed by atoms with Gasteiger partial charge in [-0.3, -0.25) is 24.5 Å². The first-order chi connectivity index (χ1) is 11.1. The van der Waals surface area contributed by atoms with Crippen molar-refractivity contribution in [2.45, 2.75) is 25.4 Å². The summed E-state index contributed by atoms with van der Waals surface area (Å²) in [5, 5.41) is 1.85. The zero-order valence-corrected chi connectivity index (χ0v) is 12.0. The first-order valence-corrected chi connectivity index (χ1v) is 6.65. The van der Waals surface area contributed by atoms with E-state index in [1.165, 1.54) is 0 Å². The number of nitrogens with zero attached hydrogens (tertiary/aromatic N) is 1. The molecule has 2 heterocycles. The van der Waals surface area contributed by atoms with Crippen molar-refractivity contribution < 1.29 is 36.7 Å². The van der Waals surface area contributed by atoms with Crippen LogP contribution in [0.25, 0.3) is 0 Å². The lowest BCUT2D eigenvalue weighted by molar-refractivity contribution is -0.150. The lowest BCUT2D eigenvalue weighted by Gasteiger charge is -2.37. The van der Waals surface area contributed by atoms with E-state index in [-0.39, 0.29) is 0 Å². The summed E-state index contributed by atoms with van der Waals surface area (Å²) in [6.45, 7) is 0.168. The molecule has 0 saturated carbocycles. The topological polar surface area (TPSA) is 83.6 Å². The van der Waals surface area contributed by atoms with Gasteiger partial charge in [0, 0.05) is 5.56 Å². The van der Waals surface area contributed by atoms with Gasteiger partial charge in [-0.15, -0.1) is 0 Å². The number of carbonyl (C=O) groups is 4. The number of benzene rings is 1. The minimum atomic E-state index is -2.23. The van der Waals surface area contributed by atoms with Crippen LogP contribution in [0.15, 0.2) is 0 Å². The number of nitrogens with one attached hydrogen (secondary N) is 1. The Morgan fingerprint density at radius 1 is 0.958 bits per heavy atom. The molecule has 1 aromatic carbocycles. The summed E-state index contributed by atoms with van der Waals surface area (Å²) in [6.07, 6.45) is -0.726. The minimum absolute atomic E-state index is 0.493. The Morgan fingerprint density at radius 2 is 1.54 bits per heavy atom. The molecule has 0 bridgehead atoms. The molecular weight excluding hydrogens is 336 g/mol. The lowest BCUT2D eigenvalue weighted by atomic mass is 9.87. The molecule has 1 saturated heterocycles. The maximum absolute atomic E-state index is 13.8. The summed E-state index contributed by atoms with van der Waals surface area (Å²) in [7, 11) is 0. The highest BCUT2D eigenvalue weighted by atomic mass is 19.2. The molecule has 2 aliphatic heterocycles. The van der Waals surface area contributed by atoms with Crippen molar-refractivity contribution in [3.8, 4) is 0 Å². The normalized spacial score (nSPS) is 23.6. The largest absolute Gasteiger partial charge is 0.313 e. The van der Waals surface area contributed by atoms with Gasteiger partial charge in [-0.25, -0.2) is 17.6 Å². The molecule has 3 amide bonds. The van der Waals surface area contributed by atoms with Gasteiger partial charge in [-0.2, -0.15) is 0 Å². The third kappa shape index (κ3) is 1.82. The number of hydrogen-bond donors (Lipinski definition) is 1. The molecule has 0 radical (unpaired) electrons. The van der Waals surface area contributed by atoms with Gasteiger partial charge in [-0.1, -0.05) is 0 Å². The Labute approximate surface area is 131 Å². The average Bonchev–Trinajstić information content (AvgIpc) is 2.86. The molecule has 10 heteroatoms. The number of rotatable bonds is 1. The van der Waals surface area contributed by atoms with Crippen LogP contribution in [0.4, 0.5) is 17.6 Å². The van der Waals surface area contributed by atoms with E-state index < -0.39 is 76.4 Å². The van der Waals surface area contributed by atoms with Crippen LogP contribution in [-0.4, -0.2) is 33.9 Å². The number of hydrogen-bond acceptors (Lipinski definition) is 4. The summed E-state index contributed by atoms with van der Waals surface area (Å²) >= 11 is 0. The number of carbonyl (C=O) groups excluding carboxylic acids is 4. The quantitative estimate of drug-likeness (QED) is 0.265. The predicted molar refractivity (Wildman–Crippen MR) is 67.3 cm³/mol. The fourth-order valence-electron chi connectivity index (χ4n) is 2.78. The number of fused-ring (bicyclic) bond motifs is 1. The van der Waals surface area contributed by atoms with Crippen molar-refractivity contribution in [2.75, 3.05) is 0 Å². The number of imide groups is 1. The van der Waals surface area contributed by atoms with Crippen molar-refractivity contribution >= 4 is 23.5 Å². The van der Waals surface area contributed by atoms with Gasteiger partial charge in [0.15, 0.2) is 34.6 Å². The van der Waals surface area contributed by atoms with Crippen molar-refractivity contribution in [3.05, 3.63) is 34.4 Å². The zero-order chi connectivity index (χ0) is 18.0. The molecule has 1 unspecified atom stereocenters. The minimum Gasteiger partial charge on any atom is -0.313 e. The van der Waals surface area contributed by atoms with Gasteiger partial charge in [-0.05, 0) is 6.92 Å². The van der Waals surface area contributed by atoms with Crippen LogP contribution in [0.2, 0.25) is 0 Å². The Bertz CT molecular complexity index is 832. The van der Waals surface area contributed by atoms with Gasteiger partial charge in [0.1, 0.15) is 0 Å². The van der Waals surface area contributed by atoms with Crippen LogP contribution < -0.4 is 5.32 Å². The predicted octanol–water partition coefficient (Wildman–Crippen LogP) is 0.573. The summed E-state index contributed by atoms with van der Waals surface area (Å²) in [4.78, 5) is 48.2. The molecule has 2 aliphatic rings. The van der Waals surface area contributed by atoms with E-state index in [1.54, 1.807) is 0 Å². The molecule has 24 heavy (non-hydrogen) atoms. The lowest BCUT2D eigenvalue weighted by Crippen LogP contribution is -2.66. The number of amides is 3. The smallest absolute Gasteiger partial charge is 0.260 e. The summed E-state index contributed by atoms with van der Waals surface area (Å²) in [5.41, 5.74) is -4.10. The Balaban J connectivity index is 2.14. The molecule has 6 nitrogen and oxygen atoms in total. The number of halogens is 4. The number of ketones is 1. The van der Waals surface area contributed by atoms with E-state index in [1.807, 2.05) is 5.32 Å². The van der Waals surface area contributed by atoms with E-state index in [9.17, 15) is 36.7 Å². The van der Waals surface area contributed by atoms with Crippen molar-refractivity contribution in [3.63, 3.8) is 0 Å². The van der Waals surface area contributed by atoms with E-state index in [0.29, 0.717) is 4.90 Å². The van der Waals surface area contributed by atoms with Gasteiger partial charge >= 0.3 is 0 Å². The molecule has 1 fully saturated rings. The Kier molecular flexibility index (Phi) is 3.26. The Morgan fingerprint density at radius 3 is 2.12 bits per heavy atom. The van der Waals surface area contributed by atoms with Crippen LogP contribution in [0.3, 0.4) is 0 Å². The second-order valence-electron chi connectivity index (χ2n) is 5.55. The monoisotopic (exact) mass is 344 g/mol. The molecule has 0 spiro atoms. The average molecular weight is 344 g/mol. The number of piperidine rings is 1. The highest BCUT2D eigenvalue weighted by molar-refractivity contribution is 6.25. The van der Waals surface area contributed by atoms with Crippen LogP contribution >= 0.6 is 0 Å². The molecule has 1 aromatic rings. The molecule has 126 valence electrons. The van der Waals surface area contributed by atoms with E-state index >= 15 is 0 Å². The molecule has 3 rings (SSSR count). The van der Waals surface area contributed by atoms with E-state index in [4.69, 9.17) is 0 Å². The van der Waals surface area contributed by atoms with E-state index in [0.717, 1.165) is 6.92 Å². The van der Waals surface area contributed by atoms with Crippen LogP contribution in [0, 0.1) is 23.3 Å². The maximum atomic E-state index is 13.8. The van der Waals surface area contributed by atoms with Gasteiger partial charge < -0.3 is 4.90 Å². The molecule has 0 aromatic heterocycles. The van der Waals surface area contributed by atoms with Crippen LogP contribution in [0.5, 0.6) is 0 Å². The highest BCUT2D eigenvalue weighted by Crippen LogP contribution is 2.36. The first-order valence-electron chi connectivity index (χ1n) is 6.65. The van der Waals surface area contributed by atoms with Crippen LogP contribution in [-0.2, 0) is 20.9 Å². The second kappa shape index (κ2) is 4.86. The third-order valence-corrected chi connectivity index (χ3v) is 4.24. The first kappa shape index (κ1) is 16.1.